The fourth-order valence-electron chi connectivity index (χ4n) is 1.42. The number of carbonyl (C=O) groups excluding carboxylic acids is 1. The van der Waals surface area contributed by atoms with Crippen LogP contribution in [0.2, 0.25) is 0 Å². The third-order valence-electron chi connectivity index (χ3n) is 2.34. The maximum absolute atomic E-state index is 11.5. The molecule has 0 aromatic carbocycles. The Bertz CT molecular complexity index is 470. The van der Waals surface area contributed by atoms with Gasteiger partial charge in [0.25, 0.3) is 5.91 Å². The molecule has 1 heterocycles. The monoisotopic (exact) mass is 275 g/mol. The Balaban J connectivity index is 2.29. The van der Waals surface area contributed by atoms with Crippen LogP contribution in [0.4, 0.5) is 0 Å². The van der Waals surface area contributed by atoms with Crippen LogP contribution in [0, 0.1) is 0 Å². The molecule has 1 rings (SSSR count). The first-order valence-corrected chi connectivity index (χ1v) is 7.39. The number of hydrogen-bond acceptors (Lipinski definition) is 5. The molecule has 0 spiro atoms. The van der Waals surface area contributed by atoms with Gasteiger partial charge in [-0.2, -0.15) is 15.4 Å². The van der Waals surface area contributed by atoms with E-state index in [2.05, 4.69) is 20.7 Å². The smallest absolute Gasteiger partial charge is 0.273 e. The lowest BCUT2D eigenvalue weighted by atomic mass is 10.4. The molecule has 0 aliphatic rings. The van der Waals surface area contributed by atoms with Crippen molar-refractivity contribution in [1.82, 2.24) is 25.0 Å². The van der Waals surface area contributed by atoms with E-state index in [0.717, 1.165) is 0 Å². The second kappa shape index (κ2) is 6.45. The minimum Gasteiger partial charge on any atom is -0.351 e. The predicted molar refractivity (Wildman–Crippen MR) is 65.4 cm³/mol. The lowest BCUT2D eigenvalue weighted by molar-refractivity contribution is 0.0947. The molecule has 1 aromatic rings. The van der Waals surface area contributed by atoms with Crippen LogP contribution in [0.5, 0.6) is 0 Å². The van der Waals surface area contributed by atoms with E-state index >= 15 is 0 Å². The van der Waals surface area contributed by atoms with Crippen molar-refractivity contribution in [3.63, 3.8) is 0 Å². The van der Waals surface area contributed by atoms with Crippen molar-refractivity contribution < 1.29 is 13.2 Å². The maximum atomic E-state index is 11.5. The average Bonchev–Trinajstić information content (AvgIpc) is 2.80. The number of nitrogens with one attached hydrogen (secondary N) is 2. The quantitative estimate of drug-likeness (QED) is 0.634. The van der Waals surface area contributed by atoms with Crippen molar-refractivity contribution in [3.05, 3.63) is 11.9 Å². The topological polar surface area (TPSA) is 108 Å². The summed E-state index contributed by atoms with van der Waals surface area (Å²) < 4.78 is 23.9. The van der Waals surface area contributed by atoms with Gasteiger partial charge in [0.1, 0.15) is 0 Å². The number of H-pyrrole nitrogens is 1. The molecule has 9 heteroatoms. The number of aromatic amines is 1. The Kier molecular flexibility index (Phi) is 5.23. The number of hydrogen-bond donors (Lipinski definition) is 2. The maximum Gasteiger partial charge on any atom is 0.273 e. The molecule has 1 amide bonds. The molecule has 0 radical (unpaired) electrons. The first-order chi connectivity index (χ1) is 8.45. The normalized spacial score (nSPS) is 11.7. The number of amides is 1. The molecule has 0 atom stereocenters. The van der Waals surface area contributed by atoms with Gasteiger partial charge in [-0.1, -0.05) is 6.92 Å². The molecule has 8 nitrogen and oxygen atoms in total. The fourth-order valence-corrected chi connectivity index (χ4v) is 2.35. The van der Waals surface area contributed by atoms with E-state index in [9.17, 15) is 13.2 Å². The Labute approximate surface area is 106 Å². The van der Waals surface area contributed by atoms with E-state index in [-0.39, 0.29) is 11.6 Å². The number of sulfonamides is 1. The van der Waals surface area contributed by atoms with Gasteiger partial charge in [-0.05, 0) is 6.42 Å². The summed E-state index contributed by atoms with van der Waals surface area (Å²) in [6.07, 6.45) is 3.04. The summed E-state index contributed by atoms with van der Waals surface area (Å²) in [7, 11) is -3.17. The zero-order chi connectivity index (χ0) is 13.6. The van der Waals surface area contributed by atoms with Crippen LogP contribution < -0.4 is 5.32 Å². The first kappa shape index (κ1) is 14.6. The molecular formula is C9H17N5O3S. The SMILES string of the molecule is CCN(CCCNC(=O)c1cn[nH]n1)S(C)(=O)=O. The largest absolute Gasteiger partial charge is 0.351 e. The van der Waals surface area contributed by atoms with E-state index in [1.54, 1.807) is 6.92 Å². The number of nitrogens with zero attached hydrogens (tertiary/aromatic N) is 3. The highest BCUT2D eigenvalue weighted by Gasteiger charge is 2.13. The molecule has 18 heavy (non-hydrogen) atoms. The van der Waals surface area contributed by atoms with Gasteiger partial charge in [0.2, 0.25) is 10.0 Å². The lowest BCUT2D eigenvalue weighted by Crippen LogP contribution is -2.33. The molecule has 0 saturated carbocycles. The van der Waals surface area contributed by atoms with Crippen molar-refractivity contribution in [2.24, 2.45) is 0 Å². The number of rotatable bonds is 7. The van der Waals surface area contributed by atoms with Crippen LogP contribution in [-0.4, -0.2) is 59.9 Å². The van der Waals surface area contributed by atoms with E-state index < -0.39 is 10.0 Å². The minimum atomic E-state index is -3.17. The summed E-state index contributed by atoms with van der Waals surface area (Å²) in [4.78, 5) is 11.5. The van der Waals surface area contributed by atoms with Gasteiger partial charge >= 0.3 is 0 Å². The van der Waals surface area contributed by atoms with Gasteiger partial charge in [-0.3, -0.25) is 4.79 Å². The van der Waals surface area contributed by atoms with Crippen LogP contribution in [-0.2, 0) is 10.0 Å². The molecule has 0 fully saturated rings. The van der Waals surface area contributed by atoms with Gasteiger partial charge in [0, 0.05) is 19.6 Å². The number of aromatic nitrogens is 3. The number of carbonyl (C=O) groups is 1. The van der Waals surface area contributed by atoms with Gasteiger partial charge < -0.3 is 5.32 Å². The second-order valence-corrected chi connectivity index (χ2v) is 5.70. The average molecular weight is 275 g/mol. The Morgan fingerprint density at radius 1 is 1.56 bits per heavy atom. The molecule has 0 unspecified atom stereocenters. The molecule has 0 saturated heterocycles. The predicted octanol–water partition coefficient (Wildman–Crippen LogP) is -0.794. The van der Waals surface area contributed by atoms with Gasteiger partial charge in [0.05, 0.1) is 12.5 Å². The van der Waals surface area contributed by atoms with Crippen molar-refractivity contribution in [2.45, 2.75) is 13.3 Å². The molecule has 102 valence electrons. The van der Waals surface area contributed by atoms with Crippen LogP contribution in [0.1, 0.15) is 23.8 Å². The lowest BCUT2D eigenvalue weighted by Gasteiger charge is -2.17. The minimum absolute atomic E-state index is 0.213. The van der Waals surface area contributed by atoms with Crippen LogP contribution in [0.15, 0.2) is 6.20 Å². The van der Waals surface area contributed by atoms with Crippen LogP contribution >= 0.6 is 0 Å². The standard InChI is InChI=1S/C9H17N5O3S/c1-3-14(18(2,16)17)6-4-5-10-9(15)8-7-11-13-12-8/h7H,3-6H2,1-2H3,(H,10,15)(H,11,12,13). The molecule has 1 aromatic heterocycles. The summed E-state index contributed by atoms with van der Waals surface area (Å²) in [5.41, 5.74) is 0.213. The Hall–Kier alpha value is -1.48. The highest BCUT2D eigenvalue weighted by molar-refractivity contribution is 7.88. The van der Waals surface area contributed by atoms with E-state index in [0.29, 0.717) is 26.1 Å². The van der Waals surface area contributed by atoms with Crippen molar-refractivity contribution >= 4 is 15.9 Å². The molecular weight excluding hydrogens is 258 g/mol. The van der Waals surface area contributed by atoms with E-state index in [1.807, 2.05) is 0 Å². The second-order valence-electron chi connectivity index (χ2n) is 3.72. The van der Waals surface area contributed by atoms with Crippen LogP contribution in [0.25, 0.3) is 0 Å². The molecule has 2 N–H and O–H groups in total. The van der Waals surface area contributed by atoms with Gasteiger partial charge in [-0.15, -0.1) is 0 Å². The van der Waals surface area contributed by atoms with Gasteiger partial charge in [0.15, 0.2) is 5.69 Å². The van der Waals surface area contributed by atoms with Crippen LogP contribution in [0.3, 0.4) is 0 Å². The van der Waals surface area contributed by atoms with Crippen molar-refractivity contribution in [2.75, 3.05) is 25.9 Å². The summed E-state index contributed by atoms with van der Waals surface area (Å²) in [6, 6.07) is 0. The van der Waals surface area contributed by atoms with Gasteiger partial charge in [-0.25, -0.2) is 12.7 Å². The zero-order valence-corrected chi connectivity index (χ0v) is 11.2. The van der Waals surface area contributed by atoms with E-state index in [4.69, 9.17) is 0 Å². The molecule has 0 aliphatic carbocycles. The summed E-state index contributed by atoms with van der Waals surface area (Å²) in [5.74, 6) is -0.328. The zero-order valence-electron chi connectivity index (χ0n) is 10.4. The van der Waals surface area contributed by atoms with E-state index in [1.165, 1.54) is 16.8 Å². The summed E-state index contributed by atoms with van der Waals surface area (Å²) in [5, 5.41) is 12.1. The highest BCUT2D eigenvalue weighted by atomic mass is 32.2. The fraction of sp³-hybridized carbons (Fsp3) is 0.667. The molecule has 0 bridgehead atoms. The van der Waals surface area contributed by atoms with Crippen molar-refractivity contribution in [1.29, 1.82) is 0 Å². The highest BCUT2D eigenvalue weighted by Crippen LogP contribution is 1.98. The first-order valence-electron chi connectivity index (χ1n) is 5.54. The third-order valence-corrected chi connectivity index (χ3v) is 3.72. The Morgan fingerprint density at radius 2 is 2.28 bits per heavy atom. The third kappa shape index (κ3) is 4.41. The summed E-state index contributed by atoms with van der Waals surface area (Å²) >= 11 is 0. The summed E-state index contributed by atoms with van der Waals surface area (Å²) in [6.45, 7) is 2.97. The molecule has 0 aliphatic heterocycles. The Morgan fingerprint density at radius 3 is 2.78 bits per heavy atom. The van der Waals surface area contributed by atoms with Crippen molar-refractivity contribution in [3.8, 4) is 0 Å².